The zero-order valence-electron chi connectivity index (χ0n) is 17.8. The van der Waals surface area contributed by atoms with Gasteiger partial charge in [0.25, 0.3) is 5.56 Å². The van der Waals surface area contributed by atoms with Gasteiger partial charge < -0.3 is 21.1 Å². The summed E-state index contributed by atoms with van der Waals surface area (Å²) in [6, 6.07) is 5.04. The normalized spacial score (nSPS) is 10.6. The topological polar surface area (TPSA) is 191 Å². The summed E-state index contributed by atoms with van der Waals surface area (Å²) in [5, 5.41) is 45.9. The molecule has 0 saturated carbocycles. The number of nitrogens with zero attached hydrogens (tertiary/aromatic N) is 4. The highest BCUT2D eigenvalue weighted by molar-refractivity contribution is 5.96. The molecule has 0 aliphatic heterocycles. The Labute approximate surface area is 195 Å². The summed E-state index contributed by atoms with van der Waals surface area (Å²) < 4.78 is 1.02. The minimum Gasteiger partial charge on any atom is -0.493 e. The number of rotatable bonds is 10. The Morgan fingerprint density at radius 1 is 1.12 bits per heavy atom. The zero-order chi connectivity index (χ0) is 23.8. The van der Waals surface area contributed by atoms with Crippen LogP contribution in [-0.2, 0) is 6.54 Å². The zero-order valence-corrected chi connectivity index (χ0v) is 18.6. The quantitative estimate of drug-likeness (QED) is 0.295. The number of carbonyl (C=O) groups is 2. The van der Waals surface area contributed by atoms with Crippen LogP contribution in [0.5, 0.6) is 5.88 Å². The number of benzene rings is 1. The molecule has 0 spiro atoms. The number of hydrogen-bond acceptors (Lipinski definition) is 8. The average molecular weight is 478 g/mol. The summed E-state index contributed by atoms with van der Waals surface area (Å²) >= 11 is 0. The largest absolute Gasteiger partial charge is 0.493 e. The van der Waals surface area contributed by atoms with Crippen LogP contribution < -0.4 is 11.3 Å². The fourth-order valence-electron chi connectivity index (χ4n) is 3.06. The smallest absolute Gasteiger partial charge is 0.337 e. The van der Waals surface area contributed by atoms with E-state index in [1.807, 2.05) is 6.07 Å². The molecule has 1 aromatic heterocycles. The summed E-state index contributed by atoms with van der Waals surface area (Å²) in [6.07, 6.45) is 3.01. The third-order valence-corrected chi connectivity index (χ3v) is 4.84. The first-order valence-electron chi connectivity index (χ1n) is 9.81. The number of azo groups is 1. The third-order valence-electron chi connectivity index (χ3n) is 4.84. The molecule has 11 nitrogen and oxygen atoms in total. The number of nitrogens with two attached hydrogens (primary N) is 1. The lowest BCUT2D eigenvalue weighted by Gasteiger charge is -2.13. The Balaban J connectivity index is 0.00000544. The Bertz CT molecular complexity index is 1170. The summed E-state index contributed by atoms with van der Waals surface area (Å²) in [4.78, 5) is 35.6. The highest BCUT2D eigenvalue weighted by Gasteiger charge is 2.20. The van der Waals surface area contributed by atoms with Crippen LogP contribution in [-0.4, -0.2) is 38.4 Å². The number of nitriles is 1. The average Bonchev–Trinajstić information content (AvgIpc) is 2.75. The van der Waals surface area contributed by atoms with Gasteiger partial charge in [0, 0.05) is 12.1 Å². The first kappa shape index (κ1) is 27.3. The maximum atomic E-state index is 12.9. The number of carboxylic acid groups (broad SMARTS) is 2. The molecule has 0 aliphatic rings. The van der Waals surface area contributed by atoms with E-state index in [1.165, 1.54) is 6.92 Å². The second kappa shape index (κ2) is 12.3. The van der Waals surface area contributed by atoms with Crippen molar-refractivity contribution in [1.82, 2.24) is 4.57 Å². The fourth-order valence-corrected chi connectivity index (χ4v) is 3.06. The fraction of sp³-hybridized carbons (Fsp3) is 0.333. The second-order valence-corrected chi connectivity index (χ2v) is 6.99. The van der Waals surface area contributed by atoms with Crippen LogP contribution in [0, 0.1) is 18.3 Å². The number of aromatic hydroxyl groups is 1. The van der Waals surface area contributed by atoms with Crippen molar-refractivity contribution in [2.45, 2.75) is 39.2 Å². The molecule has 2 rings (SSSR count). The molecule has 12 heteroatoms. The number of pyridine rings is 1. The van der Waals surface area contributed by atoms with E-state index in [4.69, 9.17) is 10.8 Å². The first-order valence-corrected chi connectivity index (χ1v) is 9.81. The van der Waals surface area contributed by atoms with Gasteiger partial charge in [-0.25, -0.2) is 9.59 Å². The molecule has 0 saturated heterocycles. The lowest BCUT2D eigenvalue weighted by molar-refractivity contribution is 0.0682. The van der Waals surface area contributed by atoms with Gasteiger partial charge in [0.2, 0.25) is 5.88 Å². The molecule has 0 fully saturated rings. The number of carboxylic acids is 2. The maximum absolute atomic E-state index is 12.9. The van der Waals surface area contributed by atoms with Crippen molar-refractivity contribution in [3.05, 3.63) is 50.8 Å². The maximum Gasteiger partial charge on any atom is 0.337 e. The van der Waals surface area contributed by atoms with Crippen molar-refractivity contribution in [1.29, 1.82) is 5.26 Å². The van der Waals surface area contributed by atoms with Crippen LogP contribution in [0.15, 0.2) is 33.2 Å². The van der Waals surface area contributed by atoms with E-state index in [9.17, 15) is 29.9 Å². The van der Waals surface area contributed by atoms with Gasteiger partial charge in [0.1, 0.15) is 17.3 Å². The van der Waals surface area contributed by atoms with Gasteiger partial charge in [-0.3, -0.25) is 9.36 Å². The standard InChI is InChI=1S/C21H23N5O6.ClH/c1-12-15(11-23)18(27)26(9-5-3-2-4-8-22)19(28)17(12)25-24-16-10-13(20(29)30)6-7-14(16)21(31)32;/h6-7,10,27H,2-5,8-9,22H2,1H3,(H,29,30)(H,31,32);1H. The molecule has 2 aromatic rings. The van der Waals surface area contributed by atoms with Gasteiger partial charge in [-0.15, -0.1) is 22.6 Å². The van der Waals surface area contributed by atoms with Gasteiger partial charge in [-0.2, -0.15) is 5.26 Å². The summed E-state index contributed by atoms with van der Waals surface area (Å²) in [6.45, 7) is 2.10. The van der Waals surface area contributed by atoms with E-state index in [0.29, 0.717) is 13.0 Å². The van der Waals surface area contributed by atoms with Crippen LogP contribution in [0.4, 0.5) is 11.4 Å². The third kappa shape index (κ3) is 6.38. The highest BCUT2D eigenvalue weighted by atomic mass is 35.5. The van der Waals surface area contributed by atoms with E-state index in [-0.39, 0.29) is 52.6 Å². The Morgan fingerprint density at radius 3 is 2.36 bits per heavy atom. The van der Waals surface area contributed by atoms with Gasteiger partial charge in [0.05, 0.1) is 11.1 Å². The molecule has 0 unspecified atom stereocenters. The van der Waals surface area contributed by atoms with Gasteiger partial charge in [-0.1, -0.05) is 12.8 Å². The van der Waals surface area contributed by atoms with Crippen molar-refractivity contribution in [3.8, 4) is 11.9 Å². The van der Waals surface area contributed by atoms with Crippen LogP contribution >= 0.6 is 12.4 Å². The molecule has 1 heterocycles. The Hall–Kier alpha value is -3.75. The monoisotopic (exact) mass is 477 g/mol. The van der Waals surface area contributed by atoms with E-state index in [0.717, 1.165) is 42.0 Å². The van der Waals surface area contributed by atoms with Crippen molar-refractivity contribution in [2.75, 3.05) is 6.54 Å². The molecule has 0 radical (unpaired) electrons. The van der Waals surface area contributed by atoms with Crippen molar-refractivity contribution in [3.63, 3.8) is 0 Å². The molecule has 5 N–H and O–H groups in total. The SMILES string of the molecule is Cc1c(C#N)c(O)n(CCCCCCN)c(=O)c1N=Nc1cc(C(=O)O)ccc1C(=O)O.Cl. The second-order valence-electron chi connectivity index (χ2n) is 6.99. The Kier molecular flexibility index (Phi) is 10.2. The predicted molar refractivity (Wildman–Crippen MR) is 121 cm³/mol. The molecule has 1 aromatic carbocycles. The molecule has 0 bridgehead atoms. The summed E-state index contributed by atoms with van der Waals surface area (Å²) in [7, 11) is 0. The van der Waals surface area contributed by atoms with Crippen LogP contribution in [0.2, 0.25) is 0 Å². The molecule has 33 heavy (non-hydrogen) atoms. The molecule has 0 aliphatic carbocycles. The van der Waals surface area contributed by atoms with Gasteiger partial charge in [-0.05, 0) is 44.5 Å². The molecular formula is C21H24ClN5O6. The molecular weight excluding hydrogens is 454 g/mol. The lowest BCUT2D eigenvalue weighted by Crippen LogP contribution is -2.22. The summed E-state index contributed by atoms with van der Waals surface area (Å²) in [5.74, 6) is -3.12. The number of unbranched alkanes of at least 4 members (excludes halogenated alkanes) is 3. The lowest BCUT2D eigenvalue weighted by atomic mass is 10.1. The number of aromatic carboxylic acids is 2. The van der Waals surface area contributed by atoms with Crippen molar-refractivity contribution in [2.24, 2.45) is 16.0 Å². The first-order chi connectivity index (χ1) is 15.2. The molecule has 0 amide bonds. The van der Waals surface area contributed by atoms with Crippen molar-refractivity contribution >= 4 is 35.7 Å². The summed E-state index contributed by atoms with van der Waals surface area (Å²) in [5.41, 5.74) is 3.64. The van der Waals surface area contributed by atoms with E-state index >= 15 is 0 Å². The Morgan fingerprint density at radius 2 is 1.79 bits per heavy atom. The van der Waals surface area contributed by atoms with E-state index in [1.54, 1.807) is 0 Å². The molecule has 176 valence electrons. The van der Waals surface area contributed by atoms with E-state index < -0.39 is 23.4 Å². The van der Waals surface area contributed by atoms with Gasteiger partial charge >= 0.3 is 11.9 Å². The number of halogens is 1. The van der Waals surface area contributed by atoms with Crippen LogP contribution in [0.25, 0.3) is 0 Å². The van der Waals surface area contributed by atoms with Crippen LogP contribution in [0.1, 0.15) is 57.5 Å². The number of aromatic nitrogens is 1. The minimum absolute atomic E-state index is 0. The van der Waals surface area contributed by atoms with Crippen LogP contribution in [0.3, 0.4) is 0 Å². The van der Waals surface area contributed by atoms with Gasteiger partial charge in [0.15, 0.2) is 5.69 Å². The number of hydrogen-bond donors (Lipinski definition) is 4. The van der Waals surface area contributed by atoms with Crippen molar-refractivity contribution < 1.29 is 24.9 Å². The minimum atomic E-state index is -1.36. The molecule has 0 atom stereocenters. The highest BCUT2D eigenvalue weighted by Crippen LogP contribution is 2.28. The van der Waals surface area contributed by atoms with E-state index in [2.05, 4.69) is 10.2 Å². The predicted octanol–water partition coefficient (Wildman–Crippen LogP) is 3.49.